The molecule has 4 rings (SSSR count). The Labute approximate surface area is 194 Å². The van der Waals surface area contributed by atoms with E-state index in [1.54, 1.807) is 12.0 Å². The van der Waals surface area contributed by atoms with E-state index < -0.39 is 0 Å². The van der Waals surface area contributed by atoms with Gasteiger partial charge in [-0.1, -0.05) is 66.8 Å². The third kappa shape index (κ3) is 5.07. The number of fused-ring (bicyclic) bond motifs is 1. The van der Waals surface area contributed by atoms with E-state index in [1.165, 1.54) is 0 Å². The number of carbonyl (C=O) groups excluding carboxylic acids is 1. The number of amides is 1. The van der Waals surface area contributed by atoms with Crippen LogP contribution in [0.25, 0.3) is 17.0 Å². The Bertz CT molecular complexity index is 1300. The Balaban J connectivity index is 1.65. The van der Waals surface area contributed by atoms with Crippen LogP contribution < -0.4 is 9.64 Å². The maximum atomic E-state index is 13.5. The number of allylic oxidation sites excluding steroid dienone is 2. The number of ether oxygens (including phenoxy) is 1. The van der Waals surface area contributed by atoms with E-state index in [0.717, 1.165) is 39.3 Å². The normalized spacial score (nSPS) is 11.8. The monoisotopic (exact) mass is 437 g/mol. The first-order chi connectivity index (χ1) is 16.1. The number of rotatable bonds is 7. The van der Waals surface area contributed by atoms with Gasteiger partial charge >= 0.3 is 0 Å². The molecule has 3 aromatic carbocycles. The molecule has 0 saturated carbocycles. The minimum Gasteiger partial charge on any atom is -0.497 e. The second-order valence-electron chi connectivity index (χ2n) is 7.86. The van der Waals surface area contributed by atoms with Gasteiger partial charge in [0.15, 0.2) is 0 Å². The van der Waals surface area contributed by atoms with Crippen LogP contribution in [0.2, 0.25) is 0 Å². The van der Waals surface area contributed by atoms with Crippen molar-refractivity contribution >= 4 is 28.6 Å². The number of carbonyl (C=O) groups is 1. The number of furan rings is 1. The van der Waals surface area contributed by atoms with Crippen molar-refractivity contribution in [3.63, 3.8) is 0 Å². The largest absolute Gasteiger partial charge is 0.497 e. The van der Waals surface area contributed by atoms with E-state index in [4.69, 9.17) is 9.15 Å². The summed E-state index contributed by atoms with van der Waals surface area (Å²) in [7, 11) is 1.63. The van der Waals surface area contributed by atoms with Crippen LogP contribution in [-0.4, -0.2) is 13.0 Å². The summed E-state index contributed by atoms with van der Waals surface area (Å²) in [6.45, 7) is 4.20. The van der Waals surface area contributed by atoms with E-state index in [0.29, 0.717) is 12.1 Å². The second-order valence-corrected chi connectivity index (χ2v) is 7.86. The molecule has 4 heteroatoms. The molecule has 1 aromatic heterocycles. The molecule has 0 atom stereocenters. The van der Waals surface area contributed by atoms with Gasteiger partial charge < -0.3 is 14.1 Å². The zero-order chi connectivity index (χ0) is 23.2. The number of methoxy groups -OCH3 is 1. The Morgan fingerprint density at radius 3 is 2.36 bits per heavy atom. The van der Waals surface area contributed by atoms with Crippen LogP contribution in [0, 0.1) is 6.92 Å². The molecular weight excluding hydrogens is 410 g/mol. The van der Waals surface area contributed by atoms with Crippen molar-refractivity contribution < 1.29 is 13.9 Å². The third-order valence-corrected chi connectivity index (χ3v) is 5.65. The molecule has 0 unspecified atom stereocenters. The first-order valence-electron chi connectivity index (χ1n) is 10.9. The molecule has 0 spiro atoms. The fraction of sp³-hybridized carbons (Fsp3) is 0.138. The molecule has 0 radical (unpaired) electrons. The van der Waals surface area contributed by atoms with Gasteiger partial charge in [-0.2, -0.15) is 0 Å². The Morgan fingerprint density at radius 1 is 0.970 bits per heavy atom. The molecule has 0 aliphatic rings. The Hall–Kier alpha value is -4.05. The molecule has 33 heavy (non-hydrogen) atoms. The van der Waals surface area contributed by atoms with Crippen molar-refractivity contribution in [2.24, 2.45) is 0 Å². The van der Waals surface area contributed by atoms with Gasteiger partial charge in [0.2, 0.25) is 0 Å². The molecule has 1 heterocycles. The molecule has 4 nitrogen and oxygen atoms in total. The van der Waals surface area contributed by atoms with E-state index in [1.807, 2.05) is 111 Å². The van der Waals surface area contributed by atoms with Gasteiger partial charge in [-0.05, 0) is 49.7 Å². The lowest BCUT2D eigenvalue weighted by atomic mass is 10.1. The van der Waals surface area contributed by atoms with Gasteiger partial charge in [0.1, 0.15) is 17.1 Å². The summed E-state index contributed by atoms with van der Waals surface area (Å²) in [5.41, 5.74) is 4.36. The van der Waals surface area contributed by atoms with Crippen molar-refractivity contribution in [1.82, 2.24) is 0 Å². The van der Waals surface area contributed by atoms with Crippen LogP contribution in [0.15, 0.2) is 101 Å². The van der Waals surface area contributed by atoms with Crippen LogP contribution in [-0.2, 0) is 11.3 Å². The second kappa shape index (κ2) is 10.0. The lowest BCUT2D eigenvalue weighted by Crippen LogP contribution is -2.31. The molecule has 0 aliphatic heterocycles. The van der Waals surface area contributed by atoms with Gasteiger partial charge in [0.05, 0.1) is 13.7 Å². The van der Waals surface area contributed by atoms with E-state index in [-0.39, 0.29) is 5.91 Å². The average Bonchev–Trinajstić information content (AvgIpc) is 3.18. The molecular formula is C29H27NO3. The summed E-state index contributed by atoms with van der Waals surface area (Å²) < 4.78 is 11.4. The molecule has 4 aromatic rings. The van der Waals surface area contributed by atoms with Crippen LogP contribution in [0.5, 0.6) is 5.75 Å². The van der Waals surface area contributed by atoms with Crippen LogP contribution >= 0.6 is 0 Å². The minimum atomic E-state index is -0.0854. The molecule has 0 saturated heterocycles. The number of aryl methyl sites for hydroxylation is 1. The maximum Gasteiger partial charge on any atom is 0.254 e. The molecule has 166 valence electrons. The number of benzene rings is 3. The first-order valence-corrected chi connectivity index (χ1v) is 10.9. The highest BCUT2D eigenvalue weighted by atomic mass is 16.5. The SMILES string of the molecule is COc1ccc(N(Cc2oc3ccccc3c2C)C(=O)/C(C)=C/C=C/c2ccccc2)cc1. The smallest absolute Gasteiger partial charge is 0.254 e. The first kappa shape index (κ1) is 22.2. The molecule has 0 bridgehead atoms. The highest BCUT2D eigenvalue weighted by molar-refractivity contribution is 6.05. The zero-order valence-electron chi connectivity index (χ0n) is 19.1. The predicted octanol–water partition coefficient (Wildman–Crippen LogP) is 6.94. The van der Waals surface area contributed by atoms with Crippen LogP contribution in [0.4, 0.5) is 5.69 Å². The number of para-hydroxylation sites is 1. The van der Waals surface area contributed by atoms with Gasteiger partial charge in [0, 0.05) is 22.2 Å². The molecule has 1 amide bonds. The molecule has 0 fully saturated rings. The summed E-state index contributed by atoms with van der Waals surface area (Å²) >= 11 is 0. The van der Waals surface area contributed by atoms with Gasteiger partial charge in [-0.25, -0.2) is 0 Å². The van der Waals surface area contributed by atoms with Gasteiger partial charge in [0.25, 0.3) is 5.91 Å². The van der Waals surface area contributed by atoms with Crippen molar-refractivity contribution in [1.29, 1.82) is 0 Å². The van der Waals surface area contributed by atoms with E-state index >= 15 is 0 Å². The summed E-state index contributed by atoms with van der Waals surface area (Å²) in [5.74, 6) is 1.43. The van der Waals surface area contributed by atoms with Crippen LogP contribution in [0.3, 0.4) is 0 Å². The highest BCUT2D eigenvalue weighted by Gasteiger charge is 2.21. The number of hydrogen-bond donors (Lipinski definition) is 0. The third-order valence-electron chi connectivity index (χ3n) is 5.65. The van der Waals surface area contributed by atoms with E-state index in [9.17, 15) is 4.79 Å². The van der Waals surface area contributed by atoms with E-state index in [2.05, 4.69) is 0 Å². The fourth-order valence-corrected chi connectivity index (χ4v) is 3.71. The lowest BCUT2D eigenvalue weighted by Gasteiger charge is -2.23. The number of anilines is 1. The standard InChI is InChI=1S/C29H27NO3/c1-21(10-9-13-23-11-5-4-6-12-23)29(31)30(24-16-18-25(32-3)19-17-24)20-28-22(2)26-14-7-8-15-27(26)33-28/h4-19H,20H2,1-3H3/b13-9+,21-10+. The van der Waals surface area contributed by atoms with Crippen molar-refractivity contribution in [3.05, 3.63) is 113 Å². The molecule has 0 N–H and O–H groups in total. The summed E-state index contributed by atoms with van der Waals surface area (Å²) in [5, 5.41) is 1.06. The maximum absolute atomic E-state index is 13.5. The summed E-state index contributed by atoms with van der Waals surface area (Å²) in [4.78, 5) is 15.3. The van der Waals surface area contributed by atoms with Crippen LogP contribution in [0.1, 0.15) is 23.8 Å². The quantitative estimate of drug-likeness (QED) is 0.232. The van der Waals surface area contributed by atoms with Gasteiger partial charge in [-0.15, -0.1) is 0 Å². The van der Waals surface area contributed by atoms with Crippen molar-refractivity contribution in [2.45, 2.75) is 20.4 Å². The Morgan fingerprint density at radius 2 is 1.67 bits per heavy atom. The molecule has 0 aliphatic carbocycles. The van der Waals surface area contributed by atoms with Crippen molar-refractivity contribution in [2.75, 3.05) is 12.0 Å². The minimum absolute atomic E-state index is 0.0854. The Kier molecular flexibility index (Phi) is 6.75. The lowest BCUT2D eigenvalue weighted by molar-refractivity contribution is -0.115. The van der Waals surface area contributed by atoms with Crippen molar-refractivity contribution in [3.8, 4) is 5.75 Å². The summed E-state index contributed by atoms with van der Waals surface area (Å²) in [6, 6.07) is 25.4. The number of hydrogen-bond acceptors (Lipinski definition) is 3. The highest BCUT2D eigenvalue weighted by Crippen LogP contribution is 2.29. The topological polar surface area (TPSA) is 42.7 Å². The fourth-order valence-electron chi connectivity index (χ4n) is 3.71. The predicted molar refractivity (Wildman–Crippen MR) is 134 cm³/mol. The van der Waals surface area contributed by atoms with Gasteiger partial charge in [-0.3, -0.25) is 4.79 Å². The average molecular weight is 438 g/mol. The zero-order valence-corrected chi connectivity index (χ0v) is 19.1. The summed E-state index contributed by atoms with van der Waals surface area (Å²) in [6.07, 6.45) is 5.73. The number of nitrogens with zero attached hydrogens (tertiary/aromatic N) is 1.